The molecule has 22 heavy (non-hydrogen) atoms. The third-order valence-corrected chi connectivity index (χ3v) is 4.42. The Morgan fingerprint density at radius 2 is 1.95 bits per heavy atom. The van der Waals surface area contributed by atoms with Gasteiger partial charge in [0.25, 0.3) is 10.1 Å². The van der Waals surface area contributed by atoms with Crippen molar-refractivity contribution in [2.24, 2.45) is 5.92 Å². The van der Waals surface area contributed by atoms with Crippen LogP contribution in [0, 0.1) is 5.92 Å². The SMILES string of the molecule is CC[C@](OS(C)(=O)=O)(c1cccc(OC)c1)[C@@H](C)CN(C)C. The molecule has 0 aliphatic rings. The molecule has 0 spiro atoms. The largest absolute Gasteiger partial charge is 0.497 e. The molecule has 0 heterocycles. The Morgan fingerprint density at radius 1 is 1.32 bits per heavy atom. The van der Waals surface area contributed by atoms with Gasteiger partial charge in [-0.15, -0.1) is 0 Å². The van der Waals surface area contributed by atoms with Gasteiger partial charge in [0.2, 0.25) is 0 Å². The molecular formula is C16H27NO4S. The second-order valence-electron chi connectivity index (χ2n) is 5.93. The molecule has 0 amide bonds. The second-order valence-corrected chi connectivity index (χ2v) is 7.50. The summed E-state index contributed by atoms with van der Waals surface area (Å²) in [6.07, 6.45) is 1.64. The third kappa shape index (κ3) is 4.69. The average Bonchev–Trinajstić information content (AvgIpc) is 2.43. The zero-order valence-corrected chi connectivity index (χ0v) is 15.1. The van der Waals surface area contributed by atoms with Crippen molar-refractivity contribution < 1.29 is 17.3 Å². The lowest BCUT2D eigenvalue weighted by atomic mass is 9.80. The highest BCUT2D eigenvalue weighted by Crippen LogP contribution is 2.40. The first-order chi connectivity index (χ1) is 10.1. The number of rotatable bonds is 8. The fourth-order valence-electron chi connectivity index (χ4n) is 2.88. The minimum absolute atomic E-state index is 0.0191. The van der Waals surface area contributed by atoms with Gasteiger partial charge < -0.3 is 9.64 Å². The van der Waals surface area contributed by atoms with Gasteiger partial charge in [-0.3, -0.25) is 4.18 Å². The van der Waals surface area contributed by atoms with Gasteiger partial charge in [0.05, 0.1) is 13.4 Å². The van der Waals surface area contributed by atoms with Gasteiger partial charge in [-0.1, -0.05) is 26.0 Å². The maximum absolute atomic E-state index is 11.9. The number of benzene rings is 1. The van der Waals surface area contributed by atoms with Gasteiger partial charge in [-0.25, -0.2) is 0 Å². The Morgan fingerprint density at radius 3 is 2.41 bits per heavy atom. The number of hydrogen-bond acceptors (Lipinski definition) is 5. The Bertz CT molecular complexity index is 586. The van der Waals surface area contributed by atoms with Crippen molar-refractivity contribution in [1.29, 1.82) is 0 Å². The van der Waals surface area contributed by atoms with Crippen LogP contribution in [0.5, 0.6) is 5.75 Å². The third-order valence-electron chi connectivity index (χ3n) is 3.82. The zero-order valence-electron chi connectivity index (χ0n) is 14.3. The minimum atomic E-state index is -3.60. The van der Waals surface area contributed by atoms with Gasteiger partial charge in [-0.05, 0) is 38.2 Å². The van der Waals surface area contributed by atoms with E-state index in [9.17, 15) is 8.42 Å². The van der Waals surface area contributed by atoms with E-state index in [1.807, 2.05) is 57.1 Å². The summed E-state index contributed by atoms with van der Waals surface area (Å²) in [5.74, 6) is 0.666. The zero-order chi connectivity index (χ0) is 17.0. The summed E-state index contributed by atoms with van der Waals surface area (Å²) < 4.78 is 34.6. The van der Waals surface area contributed by atoms with E-state index in [4.69, 9.17) is 8.92 Å². The van der Waals surface area contributed by atoms with Crippen molar-refractivity contribution in [3.63, 3.8) is 0 Å². The second kappa shape index (κ2) is 7.44. The lowest BCUT2D eigenvalue weighted by Gasteiger charge is -2.39. The molecule has 0 N–H and O–H groups in total. The molecule has 1 aromatic rings. The summed E-state index contributed by atoms with van der Waals surface area (Å²) in [7, 11) is 1.91. The van der Waals surface area contributed by atoms with Gasteiger partial charge in [0.15, 0.2) is 0 Å². The maximum atomic E-state index is 11.9. The topological polar surface area (TPSA) is 55.8 Å². The van der Waals surface area contributed by atoms with E-state index in [0.29, 0.717) is 18.7 Å². The highest BCUT2D eigenvalue weighted by atomic mass is 32.2. The minimum Gasteiger partial charge on any atom is -0.497 e. The number of ether oxygens (including phenoxy) is 1. The van der Waals surface area contributed by atoms with Gasteiger partial charge in [0, 0.05) is 12.5 Å². The standard InChI is InChI=1S/C16H27NO4S/c1-7-16(21-22(6,18)19,13(2)12-17(3)4)14-9-8-10-15(11-14)20-5/h8-11,13H,7,12H2,1-6H3/t13-,16+/m0/s1. The van der Waals surface area contributed by atoms with Crippen molar-refractivity contribution >= 4 is 10.1 Å². The monoisotopic (exact) mass is 329 g/mol. The molecule has 0 saturated heterocycles. The van der Waals surface area contributed by atoms with Crippen LogP contribution in [0.15, 0.2) is 24.3 Å². The molecule has 0 aliphatic carbocycles. The molecule has 1 aromatic carbocycles. The van der Waals surface area contributed by atoms with E-state index < -0.39 is 15.7 Å². The van der Waals surface area contributed by atoms with Crippen LogP contribution in [0.1, 0.15) is 25.8 Å². The predicted molar refractivity (Wildman–Crippen MR) is 88.6 cm³/mol. The molecule has 0 radical (unpaired) electrons. The van der Waals surface area contributed by atoms with E-state index in [0.717, 1.165) is 11.8 Å². The first-order valence-electron chi connectivity index (χ1n) is 7.34. The lowest BCUT2D eigenvalue weighted by Crippen LogP contribution is -2.42. The Hall–Kier alpha value is -1.11. The van der Waals surface area contributed by atoms with Crippen LogP contribution in [0.3, 0.4) is 0 Å². The Labute approximate surface area is 134 Å². The Balaban J connectivity index is 3.41. The van der Waals surface area contributed by atoms with Crippen LogP contribution in [0.4, 0.5) is 0 Å². The molecule has 0 saturated carbocycles. The van der Waals surface area contributed by atoms with E-state index in [-0.39, 0.29) is 5.92 Å². The summed E-state index contributed by atoms with van der Waals surface area (Å²) in [5, 5.41) is 0. The maximum Gasteiger partial charge on any atom is 0.265 e. The molecule has 6 heteroatoms. The molecule has 0 aliphatic heterocycles. The van der Waals surface area contributed by atoms with Gasteiger partial charge >= 0.3 is 0 Å². The van der Waals surface area contributed by atoms with Gasteiger partial charge in [0.1, 0.15) is 11.4 Å². The van der Waals surface area contributed by atoms with Crippen LogP contribution in [0.2, 0.25) is 0 Å². The Kier molecular flexibility index (Phi) is 6.40. The normalized spacial score (nSPS) is 16.3. The van der Waals surface area contributed by atoms with E-state index in [1.54, 1.807) is 7.11 Å². The van der Waals surface area contributed by atoms with E-state index >= 15 is 0 Å². The van der Waals surface area contributed by atoms with Crippen LogP contribution in [-0.4, -0.2) is 47.3 Å². The summed E-state index contributed by atoms with van der Waals surface area (Å²) in [6, 6.07) is 7.43. The van der Waals surface area contributed by atoms with Crippen molar-refractivity contribution in [3.8, 4) is 5.75 Å². The van der Waals surface area contributed by atoms with Crippen LogP contribution in [-0.2, 0) is 19.9 Å². The van der Waals surface area contributed by atoms with Crippen molar-refractivity contribution in [1.82, 2.24) is 4.90 Å². The number of nitrogens with zero attached hydrogens (tertiary/aromatic N) is 1. The van der Waals surface area contributed by atoms with Crippen molar-refractivity contribution in [3.05, 3.63) is 29.8 Å². The summed E-state index contributed by atoms with van der Waals surface area (Å²) in [6.45, 7) is 4.66. The number of hydrogen-bond donors (Lipinski definition) is 0. The molecule has 126 valence electrons. The quantitative estimate of drug-likeness (QED) is 0.686. The fourth-order valence-corrected chi connectivity index (χ4v) is 3.80. The van der Waals surface area contributed by atoms with E-state index in [1.165, 1.54) is 0 Å². The molecule has 0 fully saturated rings. The molecular weight excluding hydrogens is 302 g/mol. The predicted octanol–water partition coefficient (Wildman–Crippen LogP) is 2.47. The molecule has 0 aromatic heterocycles. The molecule has 5 nitrogen and oxygen atoms in total. The van der Waals surface area contributed by atoms with Crippen molar-refractivity contribution in [2.45, 2.75) is 25.9 Å². The highest BCUT2D eigenvalue weighted by molar-refractivity contribution is 7.86. The summed E-state index contributed by atoms with van der Waals surface area (Å²) in [4.78, 5) is 2.03. The summed E-state index contributed by atoms with van der Waals surface area (Å²) >= 11 is 0. The van der Waals surface area contributed by atoms with Gasteiger partial charge in [-0.2, -0.15) is 8.42 Å². The molecule has 0 unspecified atom stereocenters. The van der Waals surface area contributed by atoms with Crippen LogP contribution in [0.25, 0.3) is 0 Å². The molecule has 1 rings (SSSR count). The lowest BCUT2D eigenvalue weighted by molar-refractivity contribution is 0.00347. The van der Waals surface area contributed by atoms with E-state index in [2.05, 4.69) is 0 Å². The first-order valence-corrected chi connectivity index (χ1v) is 9.16. The number of methoxy groups -OCH3 is 1. The molecule has 0 bridgehead atoms. The summed E-state index contributed by atoms with van der Waals surface area (Å²) in [5.41, 5.74) is -0.0963. The first kappa shape index (κ1) is 18.9. The highest BCUT2D eigenvalue weighted by Gasteiger charge is 2.41. The average molecular weight is 329 g/mol. The van der Waals surface area contributed by atoms with Crippen molar-refractivity contribution in [2.75, 3.05) is 34.0 Å². The molecule has 2 atom stereocenters. The fraction of sp³-hybridized carbons (Fsp3) is 0.625. The van der Waals surface area contributed by atoms with Crippen LogP contribution < -0.4 is 4.74 Å². The smallest absolute Gasteiger partial charge is 0.265 e. The van der Waals surface area contributed by atoms with Crippen LogP contribution >= 0.6 is 0 Å².